The highest BCUT2D eigenvalue weighted by molar-refractivity contribution is 5.76. The van der Waals surface area contributed by atoms with Gasteiger partial charge in [-0.15, -0.1) is 12.3 Å². The van der Waals surface area contributed by atoms with Gasteiger partial charge in [0.1, 0.15) is 0 Å². The SMILES string of the molecule is C#CCCC(=O)NCc1ccc(COC)cc1. The molecule has 1 rings (SSSR count). The normalized spacial score (nSPS) is 9.65. The third-order valence-electron chi connectivity index (χ3n) is 2.32. The molecule has 3 heteroatoms. The lowest BCUT2D eigenvalue weighted by Crippen LogP contribution is -2.22. The number of hydrogen-bond acceptors (Lipinski definition) is 2. The maximum atomic E-state index is 11.3. The van der Waals surface area contributed by atoms with Gasteiger partial charge in [-0.3, -0.25) is 4.79 Å². The van der Waals surface area contributed by atoms with E-state index in [1.807, 2.05) is 24.3 Å². The maximum Gasteiger partial charge on any atom is 0.221 e. The van der Waals surface area contributed by atoms with Gasteiger partial charge >= 0.3 is 0 Å². The molecule has 0 aliphatic carbocycles. The number of rotatable bonds is 6. The summed E-state index contributed by atoms with van der Waals surface area (Å²) < 4.78 is 5.02. The predicted octanol–water partition coefficient (Wildman–Crippen LogP) is 1.86. The summed E-state index contributed by atoms with van der Waals surface area (Å²) in [5.41, 5.74) is 2.19. The third kappa shape index (κ3) is 5.19. The average Bonchev–Trinajstić information content (AvgIpc) is 2.36. The minimum Gasteiger partial charge on any atom is -0.380 e. The van der Waals surface area contributed by atoms with E-state index in [9.17, 15) is 4.79 Å². The summed E-state index contributed by atoms with van der Waals surface area (Å²) >= 11 is 0. The molecular formula is C14H17NO2. The molecule has 1 aromatic rings. The van der Waals surface area contributed by atoms with E-state index in [0.717, 1.165) is 11.1 Å². The van der Waals surface area contributed by atoms with Gasteiger partial charge in [-0.05, 0) is 11.1 Å². The summed E-state index contributed by atoms with van der Waals surface area (Å²) in [6.45, 7) is 1.14. The fourth-order valence-electron chi connectivity index (χ4n) is 1.39. The van der Waals surface area contributed by atoms with Crippen LogP contribution < -0.4 is 5.32 Å². The number of methoxy groups -OCH3 is 1. The minimum absolute atomic E-state index is 0.0103. The van der Waals surface area contributed by atoms with Crippen molar-refractivity contribution in [3.05, 3.63) is 35.4 Å². The van der Waals surface area contributed by atoms with Crippen molar-refractivity contribution < 1.29 is 9.53 Å². The number of carbonyl (C=O) groups excluding carboxylic acids is 1. The molecule has 0 bridgehead atoms. The summed E-state index contributed by atoms with van der Waals surface area (Å²) in [5.74, 6) is 2.43. The van der Waals surface area contributed by atoms with Crippen LogP contribution in [0.4, 0.5) is 0 Å². The first kappa shape index (κ1) is 13.3. The van der Waals surface area contributed by atoms with E-state index in [2.05, 4.69) is 11.2 Å². The van der Waals surface area contributed by atoms with E-state index >= 15 is 0 Å². The molecule has 90 valence electrons. The molecule has 1 N–H and O–H groups in total. The van der Waals surface area contributed by atoms with Crippen molar-refractivity contribution in [1.29, 1.82) is 0 Å². The number of benzene rings is 1. The lowest BCUT2D eigenvalue weighted by Gasteiger charge is -2.05. The molecule has 1 amide bonds. The highest BCUT2D eigenvalue weighted by atomic mass is 16.5. The summed E-state index contributed by atoms with van der Waals surface area (Å²) in [4.78, 5) is 11.3. The molecular weight excluding hydrogens is 214 g/mol. The summed E-state index contributed by atoms with van der Waals surface area (Å²) in [6, 6.07) is 7.95. The van der Waals surface area contributed by atoms with Crippen molar-refractivity contribution in [2.45, 2.75) is 26.0 Å². The Morgan fingerprint density at radius 2 is 2.00 bits per heavy atom. The second-order valence-electron chi connectivity index (χ2n) is 3.73. The van der Waals surface area contributed by atoms with E-state index in [-0.39, 0.29) is 5.91 Å². The Balaban J connectivity index is 2.37. The molecule has 0 unspecified atom stereocenters. The summed E-state index contributed by atoms with van der Waals surface area (Å²) in [5, 5.41) is 2.82. The van der Waals surface area contributed by atoms with Crippen LogP contribution in [0.15, 0.2) is 24.3 Å². The summed E-state index contributed by atoms with van der Waals surface area (Å²) in [6.07, 6.45) is 5.96. The Bertz CT molecular complexity index is 390. The van der Waals surface area contributed by atoms with Crippen LogP contribution in [-0.2, 0) is 22.7 Å². The number of carbonyl (C=O) groups is 1. The maximum absolute atomic E-state index is 11.3. The number of amides is 1. The van der Waals surface area contributed by atoms with Crippen molar-refractivity contribution in [2.24, 2.45) is 0 Å². The average molecular weight is 231 g/mol. The lowest BCUT2D eigenvalue weighted by atomic mass is 10.1. The van der Waals surface area contributed by atoms with Crippen LogP contribution in [0.25, 0.3) is 0 Å². The molecule has 0 atom stereocenters. The van der Waals surface area contributed by atoms with E-state index < -0.39 is 0 Å². The van der Waals surface area contributed by atoms with Crippen LogP contribution in [0.3, 0.4) is 0 Å². The van der Waals surface area contributed by atoms with Crippen molar-refractivity contribution >= 4 is 5.91 Å². The first-order valence-corrected chi connectivity index (χ1v) is 5.53. The summed E-state index contributed by atoms with van der Waals surface area (Å²) in [7, 11) is 1.67. The zero-order chi connectivity index (χ0) is 12.5. The van der Waals surface area contributed by atoms with Crippen LogP contribution in [-0.4, -0.2) is 13.0 Å². The molecule has 0 fully saturated rings. The van der Waals surface area contributed by atoms with E-state index in [0.29, 0.717) is 26.0 Å². The van der Waals surface area contributed by atoms with Crippen molar-refractivity contribution in [3.63, 3.8) is 0 Å². The van der Waals surface area contributed by atoms with Crippen LogP contribution in [0.2, 0.25) is 0 Å². The highest BCUT2D eigenvalue weighted by Crippen LogP contribution is 2.05. The van der Waals surface area contributed by atoms with Crippen LogP contribution in [0, 0.1) is 12.3 Å². The molecule has 3 nitrogen and oxygen atoms in total. The Morgan fingerprint density at radius 3 is 2.59 bits per heavy atom. The Morgan fingerprint density at radius 1 is 1.35 bits per heavy atom. The third-order valence-corrected chi connectivity index (χ3v) is 2.32. The quantitative estimate of drug-likeness (QED) is 0.759. The molecule has 0 heterocycles. The van der Waals surface area contributed by atoms with Gasteiger partial charge in [0.15, 0.2) is 0 Å². The Hall–Kier alpha value is -1.79. The molecule has 17 heavy (non-hydrogen) atoms. The fraction of sp³-hybridized carbons (Fsp3) is 0.357. The first-order chi connectivity index (χ1) is 8.26. The molecule has 0 aliphatic heterocycles. The zero-order valence-electron chi connectivity index (χ0n) is 10.0. The highest BCUT2D eigenvalue weighted by Gasteiger charge is 2.00. The molecule has 0 aromatic heterocycles. The number of terminal acetylenes is 1. The Kier molecular flexibility index (Phi) is 5.84. The minimum atomic E-state index is -0.0103. The molecule has 1 aromatic carbocycles. The predicted molar refractivity (Wildman–Crippen MR) is 67.1 cm³/mol. The first-order valence-electron chi connectivity index (χ1n) is 5.53. The number of nitrogens with one attached hydrogen (secondary N) is 1. The molecule has 0 radical (unpaired) electrons. The molecule has 0 saturated heterocycles. The smallest absolute Gasteiger partial charge is 0.221 e. The largest absolute Gasteiger partial charge is 0.380 e. The standard InChI is InChI=1S/C14H17NO2/c1-3-4-5-14(16)15-10-12-6-8-13(9-7-12)11-17-2/h1,6-9H,4-5,10-11H2,2H3,(H,15,16). The van der Waals surface area contributed by atoms with Gasteiger partial charge in [0, 0.05) is 26.5 Å². The van der Waals surface area contributed by atoms with E-state index in [1.54, 1.807) is 7.11 Å². The van der Waals surface area contributed by atoms with Crippen molar-refractivity contribution in [3.8, 4) is 12.3 Å². The van der Waals surface area contributed by atoms with Crippen molar-refractivity contribution in [1.82, 2.24) is 5.32 Å². The second kappa shape index (κ2) is 7.48. The van der Waals surface area contributed by atoms with Crippen LogP contribution in [0.1, 0.15) is 24.0 Å². The zero-order valence-corrected chi connectivity index (χ0v) is 10.0. The van der Waals surface area contributed by atoms with Gasteiger partial charge in [-0.25, -0.2) is 0 Å². The topological polar surface area (TPSA) is 38.3 Å². The number of ether oxygens (including phenoxy) is 1. The van der Waals surface area contributed by atoms with Gasteiger partial charge in [0.05, 0.1) is 6.61 Å². The van der Waals surface area contributed by atoms with Gasteiger partial charge in [-0.2, -0.15) is 0 Å². The van der Waals surface area contributed by atoms with Crippen LogP contribution in [0.5, 0.6) is 0 Å². The Labute approximate surface area is 102 Å². The molecule has 0 spiro atoms. The fourth-order valence-corrected chi connectivity index (χ4v) is 1.39. The lowest BCUT2D eigenvalue weighted by molar-refractivity contribution is -0.121. The number of hydrogen-bond donors (Lipinski definition) is 1. The van der Waals surface area contributed by atoms with E-state index in [1.165, 1.54) is 0 Å². The van der Waals surface area contributed by atoms with Gasteiger partial charge in [0.25, 0.3) is 0 Å². The van der Waals surface area contributed by atoms with Gasteiger partial charge in [0.2, 0.25) is 5.91 Å². The second-order valence-corrected chi connectivity index (χ2v) is 3.73. The van der Waals surface area contributed by atoms with Crippen molar-refractivity contribution in [2.75, 3.05) is 7.11 Å². The molecule has 0 saturated carbocycles. The molecule has 0 aliphatic rings. The van der Waals surface area contributed by atoms with Gasteiger partial charge < -0.3 is 10.1 Å². The van der Waals surface area contributed by atoms with Crippen LogP contribution >= 0.6 is 0 Å². The van der Waals surface area contributed by atoms with Gasteiger partial charge in [-0.1, -0.05) is 24.3 Å². The monoisotopic (exact) mass is 231 g/mol. The van der Waals surface area contributed by atoms with E-state index in [4.69, 9.17) is 11.2 Å².